The van der Waals surface area contributed by atoms with E-state index in [1.54, 1.807) is 66.7 Å². The van der Waals surface area contributed by atoms with Gasteiger partial charge in [-0.25, -0.2) is 4.99 Å². The van der Waals surface area contributed by atoms with Crippen molar-refractivity contribution in [3.8, 4) is 0 Å². The molecule has 0 aliphatic carbocycles. The number of amides is 2. The van der Waals surface area contributed by atoms with E-state index in [1.165, 1.54) is 24.3 Å². The Kier molecular flexibility index (Phi) is 5.52. The van der Waals surface area contributed by atoms with E-state index in [0.717, 1.165) is 4.90 Å². The summed E-state index contributed by atoms with van der Waals surface area (Å²) in [5.41, 5.74) is -2.49. The highest BCUT2D eigenvalue weighted by Gasteiger charge is 2.67. The van der Waals surface area contributed by atoms with Crippen LogP contribution in [0, 0.1) is 0 Å². The number of nitrogens with zero attached hydrogens (tertiary/aromatic N) is 2. The largest absolute Gasteiger partial charge is 0.442 e. The Bertz CT molecular complexity index is 1150. The molecule has 8 heteroatoms. The molecule has 1 aliphatic heterocycles. The first-order valence-electron chi connectivity index (χ1n) is 9.77. The van der Waals surface area contributed by atoms with E-state index in [-0.39, 0.29) is 17.9 Å². The molecule has 3 aromatic rings. The lowest BCUT2D eigenvalue weighted by atomic mass is 10.1. The fourth-order valence-electron chi connectivity index (χ4n) is 3.44. The van der Waals surface area contributed by atoms with Crippen LogP contribution in [0.25, 0.3) is 0 Å². The highest BCUT2D eigenvalue weighted by atomic mass is 19.4. The summed E-state index contributed by atoms with van der Waals surface area (Å²) >= 11 is 0. The van der Waals surface area contributed by atoms with E-state index in [2.05, 4.69) is 4.99 Å². The molecule has 0 spiro atoms. The number of benzene rings is 3. The zero-order valence-corrected chi connectivity index (χ0v) is 16.7. The number of nitrogens with one attached hydrogen (secondary N) is 1. The van der Waals surface area contributed by atoms with Crippen LogP contribution >= 0.6 is 0 Å². The van der Waals surface area contributed by atoms with Crippen molar-refractivity contribution in [1.29, 1.82) is 0 Å². The molecule has 5 nitrogen and oxygen atoms in total. The summed E-state index contributed by atoms with van der Waals surface area (Å²) in [4.78, 5) is 30.7. The highest BCUT2D eigenvalue weighted by Crippen LogP contribution is 2.39. The molecule has 1 N–H and O–H groups in total. The first-order valence-corrected chi connectivity index (χ1v) is 9.77. The standard InChI is InChI=1S/C24H18F3N3O2/c25-24(26,27)23(29-21(31)19-14-8-3-9-15-19)22(32)30(16-17-10-4-1-5-11-17)20(28-23)18-12-6-2-7-13-18/h1-15H,16H2,(H,29,31)/t23-/m1/s1. The lowest BCUT2D eigenvalue weighted by Gasteiger charge is -2.29. The third-order valence-electron chi connectivity index (χ3n) is 5.04. The van der Waals surface area contributed by atoms with E-state index < -0.39 is 23.7 Å². The highest BCUT2D eigenvalue weighted by molar-refractivity contribution is 6.16. The maximum absolute atomic E-state index is 14.4. The fraction of sp³-hybridized carbons (Fsp3) is 0.125. The van der Waals surface area contributed by atoms with Gasteiger partial charge < -0.3 is 5.32 Å². The molecule has 1 heterocycles. The Balaban J connectivity index is 1.81. The number of alkyl halides is 3. The van der Waals surface area contributed by atoms with Gasteiger partial charge in [0.15, 0.2) is 0 Å². The van der Waals surface area contributed by atoms with Crippen LogP contribution in [0.3, 0.4) is 0 Å². The number of hydrogen-bond donors (Lipinski definition) is 1. The van der Waals surface area contributed by atoms with Gasteiger partial charge in [0.2, 0.25) is 0 Å². The minimum Gasteiger partial charge on any atom is -0.312 e. The van der Waals surface area contributed by atoms with Crippen molar-refractivity contribution in [2.75, 3.05) is 0 Å². The monoisotopic (exact) mass is 437 g/mol. The molecule has 0 saturated carbocycles. The Labute approximate surface area is 182 Å². The van der Waals surface area contributed by atoms with Crippen molar-refractivity contribution in [3.05, 3.63) is 108 Å². The Morgan fingerprint density at radius 1 is 0.875 bits per heavy atom. The van der Waals surface area contributed by atoms with Crippen LogP contribution in [0.4, 0.5) is 13.2 Å². The first kappa shape index (κ1) is 21.3. The molecule has 0 saturated heterocycles. The van der Waals surface area contributed by atoms with Gasteiger partial charge in [-0.3, -0.25) is 14.5 Å². The molecule has 1 atom stereocenters. The number of amidine groups is 1. The molecule has 162 valence electrons. The zero-order chi connectivity index (χ0) is 22.8. The second-order valence-corrected chi connectivity index (χ2v) is 7.21. The Hall–Kier alpha value is -3.94. The predicted octanol–water partition coefficient (Wildman–Crippen LogP) is 4.16. The lowest BCUT2D eigenvalue weighted by molar-refractivity contribution is -0.196. The molecular formula is C24H18F3N3O2. The zero-order valence-electron chi connectivity index (χ0n) is 16.7. The minimum absolute atomic E-state index is 0.0121. The number of halogens is 3. The van der Waals surface area contributed by atoms with Crippen LogP contribution in [0.15, 0.2) is 96.0 Å². The fourth-order valence-corrected chi connectivity index (χ4v) is 3.44. The van der Waals surface area contributed by atoms with Crippen molar-refractivity contribution in [2.45, 2.75) is 18.4 Å². The Morgan fingerprint density at radius 2 is 1.41 bits per heavy atom. The van der Waals surface area contributed by atoms with E-state index in [0.29, 0.717) is 11.1 Å². The summed E-state index contributed by atoms with van der Waals surface area (Å²) in [7, 11) is 0. The average Bonchev–Trinajstić information content (AvgIpc) is 3.08. The van der Waals surface area contributed by atoms with Crippen LogP contribution in [-0.2, 0) is 11.3 Å². The van der Waals surface area contributed by atoms with E-state index in [4.69, 9.17) is 0 Å². The SMILES string of the molecule is O=C(N[C@]1(C(F)(F)F)N=C(c2ccccc2)N(Cc2ccccc2)C1=O)c1ccccc1. The number of aliphatic imine (C=N–C) groups is 1. The van der Waals surface area contributed by atoms with Gasteiger partial charge in [-0.05, 0) is 17.7 Å². The summed E-state index contributed by atoms with van der Waals surface area (Å²) < 4.78 is 43.1. The van der Waals surface area contributed by atoms with E-state index >= 15 is 0 Å². The second-order valence-electron chi connectivity index (χ2n) is 7.21. The third kappa shape index (κ3) is 3.87. The van der Waals surface area contributed by atoms with Crippen LogP contribution < -0.4 is 5.32 Å². The maximum Gasteiger partial charge on any atom is 0.442 e. The molecule has 3 aromatic carbocycles. The molecule has 4 rings (SSSR count). The van der Waals surface area contributed by atoms with Crippen LogP contribution in [0.5, 0.6) is 0 Å². The minimum atomic E-state index is -5.17. The molecule has 0 radical (unpaired) electrons. The van der Waals surface area contributed by atoms with Gasteiger partial charge >= 0.3 is 11.8 Å². The Morgan fingerprint density at radius 3 is 1.97 bits per heavy atom. The van der Waals surface area contributed by atoms with Gasteiger partial charge in [0, 0.05) is 11.1 Å². The van der Waals surface area contributed by atoms with Crippen molar-refractivity contribution in [2.24, 2.45) is 4.99 Å². The number of carbonyl (C=O) groups is 2. The first-order chi connectivity index (χ1) is 15.3. The van der Waals surface area contributed by atoms with Gasteiger partial charge in [-0.2, -0.15) is 13.2 Å². The molecule has 0 fully saturated rings. The van der Waals surface area contributed by atoms with Crippen LogP contribution in [0.2, 0.25) is 0 Å². The average molecular weight is 437 g/mol. The van der Waals surface area contributed by atoms with Crippen molar-refractivity contribution >= 4 is 17.6 Å². The third-order valence-corrected chi connectivity index (χ3v) is 5.04. The number of hydrogen-bond acceptors (Lipinski definition) is 3. The quantitative estimate of drug-likeness (QED) is 0.652. The van der Waals surface area contributed by atoms with Crippen molar-refractivity contribution in [1.82, 2.24) is 10.2 Å². The summed E-state index contributed by atoms with van der Waals surface area (Å²) in [6.45, 7) is -0.133. The molecule has 1 aliphatic rings. The number of rotatable bonds is 5. The van der Waals surface area contributed by atoms with Crippen molar-refractivity contribution in [3.63, 3.8) is 0 Å². The second kappa shape index (κ2) is 8.30. The smallest absolute Gasteiger partial charge is 0.312 e. The van der Waals surface area contributed by atoms with Crippen LogP contribution in [-0.4, -0.2) is 34.4 Å². The van der Waals surface area contributed by atoms with E-state index in [9.17, 15) is 22.8 Å². The summed E-state index contributed by atoms with van der Waals surface area (Å²) in [5.74, 6) is -2.57. The number of carbonyl (C=O) groups excluding carboxylic acids is 2. The molecule has 2 amide bonds. The summed E-state index contributed by atoms with van der Waals surface area (Å²) in [5, 5.41) is 1.87. The molecular weight excluding hydrogens is 419 g/mol. The van der Waals surface area contributed by atoms with Crippen LogP contribution in [0.1, 0.15) is 21.5 Å². The van der Waals surface area contributed by atoms with Gasteiger partial charge in [0.25, 0.3) is 11.8 Å². The molecule has 0 aromatic heterocycles. The summed E-state index contributed by atoms with van der Waals surface area (Å²) in [6.07, 6.45) is -5.17. The maximum atomic E-state index is 14.4. The van der Waals surface area contributed by atoms with Gasteiger partial charge in [-0.15, -0.1) is 0 Å². The molecule has 0 bridgehead atoms. The molecule has 32 heavy (non-hydrogen) atoms. The topological polar surface area (TPSA) is 61.8 Å². The molecule has 0 unspecified atom stereocenters. The lowest BCUT2D eigenvalue weighted by Crippen LogP contribution is -2.63. The van der Waals surface area contributed by atoms with Gasteiger partial charge in [0.1, 0.15) is 5.84 Å². The predicted molar refractivity (Wildman–Crippen MR) is 113 cm³/mol. The normalized spacial score (nSPS) is 18.4. The summed E-state index contributed by atoms with van der Waals surface area (Å²) in [6, 6.07) is 24.1. The van der Waals surface area contributed by atoms with E-state index in [1.807, 2.05) is 5.32 Å². The van der Waals surface area contributed by atoms with Crippen molar-refractivity contribution < 1.29 is 22.8 Å². The van der Waals surface area contributed by atoms with Gasteiger partial charge in [0.05, 0.1) is 6.54 Å². The van der Waals surface area contributed by atoms with Gasteiger partial charge in [-0.1, -0.05) is 78.9 Å².